The van der Waals surface area contributed by atoms with Crippen molar-refractivity contribution in [3.63, 3.8) is 0 Å². The summed E-state index contributed by atoms with van der Waals surface area (Å²) in [7, 11) is 1.65. The molecule has 4 rings (SSSR count). The van der Waals surface area contributed by atoms with Gasteiger partial charge >= 0.3 is 0 Å². The van der Waals surface area contributed by atoms with E-state index in [2.05, 4.69) is 5.32 Å². The van der Waals surface area contributed by atoms with Gasteiger partial charge in [-0.25, -0.2) is 0 Å². The third kappa shape index (κ3) is 4.08. The zero-order valence-electron chi connectivity index (χ0n) is 15.1. The van der Waals surface area contributed by atoms with E-state index in [1.165, 1.54) is 0 Å². The van der Waals surface area contributed by atoms with Crippen molar-refractivity contribution in [2.24, 2.45) is 0 Å². The highest BCUT2D eigenvalue weighted by Gasteiger charge is 2.13. The van der Waals surface area contributed by atoms with Crippen molar-refractivity contribution in [1.29, 1.82) is 0 Å². The maximum atomic E-state index is 5.98. The molecular formula is C22H21NO4. The van der Waals surface area contributed by atoms with Crippen molar-refractivity contribution in [2.75, 3.05) is 19.2 Å². The molecule has 0 amide bonds. The van der Waals surface area contributed by atoms with E-state index in [0.717, 1.165) is 39.8 Å². The van der Waals surface area contributed by atoms with Crippen LogP contribution in [0.3, 0.4) is 0 Å². The highest BCUT2D eigenvalue weighted by molar-refractivity contribution is 5.56. The van der Waals surface area contributed by atoms with Gasteiger partial charge in [0.05, 0.1) is 7.11 Å². The molecule has 0 radical (unpaired) electrons. The number of anilines is 1. The maximum Gasteiger partial charge on any atom is 0.231 e. The smallest absolute Gasteiger partial charge is 0.231 e. The molecule has 1 N–H and O–H groups in total. The van der Waals surface area contributed by atoms with Gasteiger partial charge in [-0.15, -0.1) is 0 Å². The van der Waals surface area contributed by atoms with Gasteiger partial charge < -0.3 is 24.3 Å². The fourth-order valence-corrected chi connectivity index (χ4v) is 2.89. The van der Waals surface area contributed by atoms with Gasteiger partial charge in [0.25, 0.3) is 0 Å². The lowest BCUT2D eigenvalue weighted by Crippen LogP contribution is -2.02. The van der Waals surface area contributed by atoms with E-state index in [-0.39, 0.29) is 6.79 Å². The van der Waals surface area contributed by atoms with Gasteiger partial charge in [-0.1, -0.05) is 36.4 Å². The van der Waals surface area contributed by atoms with Crippen molar-refractivity contribution in [3.05, 3.63) is 77.9 Å². The lowest BCUT2D eigenvalue weighted by Gasteiger charge is -2.13. The molecule has 0 unspecified atom stereocenters. The molecule has 0 aromatic heterocycles. The van der Waals surface area contributed by atoms with E-state index in [1.807, 2.05) is 66.7 Å². The van der Waals surface area contributed by atoms with Gasteiger partial charge in [0, 0.05) is 18.3 Å². The van der Waals surface area contributed by atoms with E-state index < -0.39 is 0 Å². The van der Waals surface area contributed by atoms with Crippen LogP contribution in [0, 0.1) is 0 Å². The van der Waals surface area contributed by atoms with Gasteiger partial charge in [0.15, 0.2) is 23.0 Å². The van der Waals surface area contributed by atoms with Crippen LogP contribution in [-0.4, -0.2) is 13.9 Å². The van der Waals surface area contributed by atoms with Gasteiger partial charge in [-0.2, -0.15) is 0 Å². The van der Waals surface area contributed by atoms with E-state index in [4.69, 9.17) is 18.9 Å². The number of nitrogens with one attached hydrogen (secondary N) is 1. The van der Waals surface area contributed by atoms with Gasteiger partial charge in [0.2, 0.25) is 6.79 Å². The van der Waals surface area contributed by atoms with Crippen LogP contribution in [-0.2, 0) is 13.2 Å². The number of hydrogen-bond acceptors (Lipinski definition) is 5. The Morgan fingerprint density at radius 2 is 1.70 bits per heavy atom. The molecule has 1 heterocycles. The van der Waals surface area contributed by atoms with E-state index in [1.54, 1.807) is 7.11 Å². The normalized spacial score (nSPS) is 11.9. The van der Waals surface area contributed by atoms with Crippen LogP contribution in [0.15, 0.2) is 66.7 Å². The van der Waals surface area contributed by atoms with Crippen LogP contribution in [0.4, 0.5) is 5.69 Å². The van der Waals surface area contributed by atoms with Crippen LogP contribution in [0.5, 0.6) is 23.0 Å². The minimum absolute atomic E-state index is 0.277. The Bertz CT molecular complexity index is 911. The Hall–Kier alpha value is -3.34. The largest absolute Gasteiger partial charge is 0.493 e. The number of ether oxygens (including phenoxy) is 4. The van der Waals surface area contributed by atoms with Gasteiger partial charge in [-0.05, 0) is 35.4 Å². The number of rotatable bonds is 7. The molecule has 0 saturated heterocycles. The molecular weight excluding hydrogens is 342 g/mol. The van der Waals surface area contributed by atoms with Crippen LogP contribution < -0.4 is 24.3 Å². The average Bonchev–Trinajstić information content (AvgIpc) is 3.19. The van der Waals surface area contributed by atoms with Crippen molar-refractivity contribution >= 4 is 5.69 Å². The summed E-state index contributed by atoms with van der Waals surface area (Å²) in [5.41, 5.74) is 3.18. The van der Waals surface area contributed by atoms with Crippen LogP contribution in [0.25, 0.3) is 0 Å². The molecule has 0 atom stereocenters. The lowest BCUT2D eigenvalue weighted by molar-refractivity contribution is 0.174. The second-order valence-corrected chi connectivity index (χ2v) is 6.18. The Balaban J connectivity index is 1.43. The first-order chi connectivity index (χ1) is 13.3. The minimum Gasteiger partial charge on any atom is -0.493 e. The Morgan fingerprint density at radius 1 is 0.852 bits per heavy atom. The molecule has 1 aliphatic rings. The van der Waals surface area contributed by atoms with Crippen molar-refractivity contribution in [2.45, 2.75) is 13.2 Å². The molecule has 27 heavy (non-hydrogen) atoms. The molecule has 0 aliphatic carbocycles. The molecule has 0 bridgehead atoms. The summed E-state index contributed by atoms with van der Waals surface area (Å²) >= 11 is 0. The van der Waals surface area contributed by atoms with E-state index >= 15 is 0 Å². The fraction of sp³-hybridized carbons (Fsp3) is 0.182. The molecule has 5 nitrogen and oxygen atoms in total. The van der Waals surface area contributed by atoms with Gasteiger partial charge in [-0.3, -0.25) is 0 Å². The molecule has 0 spiro atoms. The number of benzene rings is 3. The maximum absolute atomic E-state index is 5.98. The summed E-state index contributed by atoms with van der Waals surface area (Å²) in [5.74, 6) is 2.99. The predicted molar refractivity (Wildman–Crippen MR) is 104 cm³/mol. The zero-order valence-corrected chi connectivity index (χ0v) is 15.1. The lowest BCUT2D eigenvalue weighted by atomic mass is 10.2. The topological polar surface area (TPSA) is 49.0 Å². The molecule has 0 saturated carbocycles. The summed E-state index contributed by atoms with van der Waals surface area (Å²) in [4.78, 5) is 0. The Morgan fingerprint density at radius 3 is 2.56 bits per heavy atom. The summed E-state index contributed by atoms with van der Waals surface area (Å²) in [6.45, 7) is 1.43. The Labute approximate surface area is 158 Å². The van der Waals surface area contributed by atoms with Crippen molar-refractivity contribution in [3.8, 4) is 23.0 Å². The number of methoxy groups -OCH3 is 1. The minimum atomic E-state index is 0.277. The first-order valence-electron chi connectivity index (χ1n) is 8.79. The van der Waals surface area contributed by atoms with Crippen molar-refractivity contribution in [1.82, 2.24) is 0 Å². The summed E-state index contributed by atoms with van der Waals surface area (Å²) in [5, 5.41) is 3.40. The third-order valence-corrected chi connectivity index (χ3v) is 4.33. The second kappa shape index (κ2) is 7.91. The van der Waals surface area contributed by atoms with Crippen LogP contribution >= 0.6 is 0 Å². The van der Waals surface area contributed by atoms with Gasteiger partial charge in [0.1, 0.15) is 6.61 Å². The average molecular weight is 363 g/mol. The summed E-state index contributed by atoms with van der Waals surface area (Å²) < 4.78 is 22.2. The predicted octanol–water partition coefficient (Wildman–Crippen LogP) is 4.62. The van der Waals surface area contributed by atoms with Crippen LogP contribution in [0.2, 0.25) is 0 Å². The monoisotopic (exact) mass is 363 g/mol. The zero-order chi connectivity index (χ0) is 18.5. The first kappa shape index (κ1) is 17.1. The quantitative estimate of drug-likeness (QED) is 0.664. The van der Waals surface area contributed by atoms with E-state index in [9.17, 15) is 0 Å². The number of hydrogen-bond donors (Lipinski definition) is 1. The second-order valence-electron chi connectivity index (χ2n) is 6.18. The molecule has 0 fully saturated rings. The van der Waals surface area contributed by atoms with Crippen molar-refractivity contribution < 1.29 is 18.9 Å². The van der Waals surface area contributed by atoms with Crippen LogP contribution in [0.1, 0.15) is 11.1 Å². The molecule has 138 valence electrons. The highest BCUT2D eigenvalue weighted by Crippen LogP contribution is 2.34. The molecule has 1 aliphatic heterocycles. The molecule has 3 aromatic rings. The SMILES string of the molecule is COc1ccc(CNc2ccc3c(c2)OCO3)cc1OCc1ccccc1. The van der Waals surface area contributed by atoms with E-state index in [0.29, 0.717) is 13.2 Å². The summed E-state index contributed by atoms with van der Waals surface area (Å²) in [6.07, 6.45) is 0. The summed E-state index contributed by atoms with van der Waals surface area (Å²) in [6, 6.07) is 21.9. The molecule has 5 heteroatoms. The molecule has 3 aromatic carbocycles. The first-order valence-corrected chi connectivity index (χ1v) is 8.79. The third-order valence-electron chi connectivity index (χ3n) is 4.33. The Kier molecular flexibility index (Phi) is 5.01. The fourth-order valence-electron chi connectivity index (χ4n) is 2.89. The number of fused-ring (bicyclic) bond motifs is 1. The highest BCUT2D eigenvalue weighted by atomic mass is 16.7. The standard InChI is InChI=1S/C22H21NO4/c1-24-19-9-7-17(11-21(19)25-14-16-5-3-2-4-6-16)13-23-18-8-10-20-22(12-18)27-15-26-20/h2-12,23H,13-15H2,1H3.